The van der Waals surface area contributed by atoms with Gasteiger partial charge >= 0.3 is 0 Å². The predicted molar refractivity (Wildman–Crippen MR) is 72.9 cm³/mol. The van der Waals surface area contributed by atoms with E-state index in [9.17, 15) is 5.11 Å². The molecule has 3 atom stereocenters. The molecule has 0 bridgehead atoms. The molecule has 0 aromatic heterocycles. The van der Waals surface area contributed by atoms with Crippen LogP contribution in [0, 0.1) is 0 Å². The SMILES string of the molecule is COC1CCC(NCC(O)c2ccccc2Cl)C1. The van der Waals surface area contributed by atoms with Gasteiger partial charge in [-0.05, 0) is 25.3 Å². The van der Waals surface area contributed by atoms with E-state index >= 15 is 0 Å². The molecule has 1 aliphatic rings. The van der Waals surface area contributed by atoms with Gasteiger partial charge < -0.3 is 15.2 Å². The molecule has 1 aliphatic carbocycles. The Morgan fingerprint density at radius 2 is 2.22 bits per heavy atom. The van der Waals surface area contributed by atoms with Crippen molar-refractivity contribution in [2.24, 2.45) is 0 Å². The van der Waals surface area contributed by atoms with Gasteiger partial charge in [0.15, 0.2) is 0 Å². The van der Waals surface area contributed by atoms with Gasteiger partial charge in [-0.3, -0.25) is 0 Å². The molecule has 0 heterocycles. The first-order valence-corrected chi connectivity index (χ1v) is 6.77. The molecular weight excluding hydrogens is 250 g/mol. The average Bonchev–Trinajstić information content (AvgIpc) is 2.84. The average molecular weight is 270 g/mol. The molecule has 2 N–H and O–H groups in total. The molecule has 2 rings (SSSR count). The third-order valence-corrected chi connectivity index (χ3v) is 3.93. The van der Waals surface area contributed by atoms with E-state index in [2.05, 4.69) is 5.32 Å². The zero-order valence-electron chi connectivity index (χ0n) is 10.6. The smallest absolute Gasteiger partial charge is 0.0928 e. The van der Waals surface area contributed by atoms with Gasteiger partial charge in [0.2, 0.25) is 0 Å². The summed E-state index contributed by atoms with van der Waals surface area (Å²) in [6.45, 7) is 0.533. The maximum absolute atomic E-state index is 10.1. The van der Waals surface area contributed by atoms with Gasteiger partial charge in [0.05, 0.1) is 12.2 Å². The number of hydrogen-bond acceptors (Lipinski definition) is 3. The summed E-state index contributed by atoms with van der Waals surface area (Å²) in [4.78, 5) is 0. The lowest BCUT2D eigenvalue weighted by Crippen LogP contribution is -2.31. The van der Waals surface area contributed by atoms with Crippen LogP contribution >= 0.6 is 11.6 Å². The van der Waals surface area contributed by atoms with Gasteiger partial charge in [0.25, 0.3) is 0 Å². The predicted octanol–water partition coefficient (Wildman–Crippen LogP) is 2.53. The van der Waals surface area contributed by atoms with Crippen molar-refractivity contribution in [3.8, 4) is 0 Å². The van der Waals surface area contributed by atoms with Crippen LogP contribution in [0.2, 0.25) is 5.02 Å². The molecule has 1 saturated carbocycles. The van der Waals surface area contributed by atoms with Crippen molar-refractivity contribution in [1.82, 2.24) is 5.32 Å². The monoisotopic (exact) mass is 269 g/mol. The molecule has 3 nitrogen and oxygen atoms in total. The molecule has 0 radical (unpaired) electrons. The molecule has 0 aliphatic heterocycles. The number of aliphatic hydroxyl groups excluding tert-OH is 1. The van der Waals surface area contributed by atoms with Gasteiger partial charge in [-0.15, -0.1) is 0 Å². The van der Waals surface area contributed by atoms with E-state index in [1.165, 1.54) is 0 Å². The zero-order valence-corrected chi connectivity index (χ0v) is 11.4. The van der Waals surface area contributed by atoms with E-state index in [1.807, 2.05) is 18.2 Å². The van der Waals surface area contributed by atoms with Gasteiger partial charge in [-0.1, -0.05) is 29.8 Å². The molecule has 0 amide bonds. The highest BCUT2D eigenvalue weighted by atomic mass is 35.5. The fourth-order valence-electron chi connectivity index (χ4n) is 2.47. The highest BCUT2D eigenvalue weighted by Gasteiger charge is 2.24. The molecule has 0 spiro atoms. The largest absolute Gasteiger partial charge is 0.387 e. The number of hydrogen-bond donors (Lipinski definition) is 2. The van der Waals surface area contributed by atoms with E-state index in [0.717, 1.165) is 24.8 Å². The highest BCUT2D eigenvalue weighted by molar-refractivity contribution is 6.31. The summed E-state index contributed by atoms with van der Waals surface area (Å²) in [7, 11) is 1.76. The number of aliphatic hydroxyl groups is 1. The van der Waals surface area contributed by atoms with Crippen molar-refractivity contribution in [2.75, 3.05) is 13.7 Å². The molecule has 1 aromatic rings. The van der Waals surface area contributed by atoms with Crippen LogP contribution in [0.4, 0.5) is 0 Å². The number of rotatable bonds is 5. The fourth-order valence-corrected chi connectivity index (χ4v) is 2.73. The first-order valence-electron chi connectivity index (χ1n) is 6.39. The van der Waals surface area contributed by atoms with Crippen molar-refractivity contribution in [3.05, 3.63) is 34.9 Å². The molecule has 1 aromatic carbocycles. The normalized spacial score (nSPS) is 25.3. The van der Waals surface area contributed by atoms with Gasteiger partial charge in [-0.2, -0.15) is 0 Å². The second-order valence-corrected chi connectivity index (χ2v) is 5.22. The number of benzene rings is 1. The quantitative estimate of drug-likeness (QED) is 0.863. The van der Waals surface area contributed by atoms with Crippen LogP contribution in [-0.2, 0) is 4.74 Å². The van der Waals surface area contributed by atoms with Crippen LogP contribution in [0.3, 0.4) is 0 Å². The maximum atomic E-state index is 10.1. The van der Waals surface area contributed by atoms with E-state index in [4.69, 9.17) is 16.3 Å². The Bertz CT molecular complexity index is 386. The molecule has 3 unspecified atom stereocenters. The van der Waals surface area contributed by atoms with E-state index in [1.54, 1.807) is 13.2 Å². The third kappa shape index (κ3) is 3.45. The maximum Gasteiger partial charge on any atom is 0.0928 e. The number of methoxy groups -OCH3 is 1. The Balaban J connectivity index is 1.82. The zero-order chi connectivity index (χ0) is 13.0. The Hall–Kier alpha value is -0.610. The lowest BCUT2D eigenvalue weighted by Gasteiger charge is -2.17. The Kier molecular flexibility index (Phi) is 5.01. The Labute approximate surface area is 113 Å². The number of nitrogens with one attached hydrogen (secondary N) is 1. The molecule has 18 heavy (non-hydrogen) atoms. The van der Waals surface area contributed by atoms with Crippen molar-refractivity contribution < 1.29 is 9.84 Å². The summed E-state index contributed by atoms with van der Waals surface area (Å²) in [5.41, 5.74) is 0.785. The Morgan fingerprint density at radius 3 is 2.89 bits per heavy atom. The van der Waals surface area contributed by atoms with Crippen LogP contribution in [-0.4, -0.2) is 30.9 Å². The Morgan fingerprint density at radius 1 is 1.44 bits per heavy atom. The molecular formula is C14H20ClNO2. The second kappa shape index (κ2) is 6.53. The van der Waals surface area contributed by atoms with Crippen LogP contribution in [0.25, 0.3) is 0 Å². The third-order valence-electron chi connectivity index (χ3n) is 3.58. The summed E-state index contributed by atoms with van der Waals surface area (Å²) < 4.78 is 5.33. The topological polar surface area (TPSA) is 41.5 Å². The van der Waals surface area contributed by atoms with E-state index < -0.39 is 6.10 Å². The summed E-state index contributed by atoms with van der Waals surface area (Å²) in [6, 6.07) is 7.86. The lowest BCUT2D eigenvalue weighted by atomic mass is 10.1. The molecule has 100 valence electrons. The fraction of sp³-hybridized carbons (Fsp3) is 0.571. The summed E-state index contributed by atoms with van der Waals surface area (Å²) in [5.74, 6) is 0. The van der Waals surface area contributed by atoms with Crippen molar-refractivity contribution in [3.63, 3.8) is 0 Å². The van der Waals surface area contributed by atoms with Crippen LogP contribution < -0.4 is 5.32 Å². The molecule has 0 saturated heterocycles. The first kappa shape index (κ1) is 13.8. The van der Waals surface area contributed by atoms with Crippen LogP contribution in [0.15, 0.2) is 24.3 Å². The van der Waals surface area contributed by atoms with Crippen molar-refractivity contribution >= 4 is 11.6 Å². The van der Waals surface area contributed by atoms with Gasteiger partial charge in [0.1, 0.15) is 0 Å². The standard InChI is InChI=1S/C14H20ClNO2/c1-18-11-7-6-10(8-11)16-9-14(17)12-4-2-3-5-13(12)15/h2-5,10-11,14,16-17H,6-9H2,1H3. The van der Waals surface area contributed by atoms with Gasteiger partial charge in [-0.25, -0.2) is 0 Å². The number of halogens is 1. The lowest BCUT2D eigenvalue weighted by molar-refractivity contribution is 0.105. The molecule has 1 fully saturated rings. The summed E-state index contributed by atoms with van der Waals surface area (Å²) in [6.07, 6.45) is 3.02. The van der Waals surface area contributed by atoms with Crippen LogP contribution in [0.1, 0.15) is 30.9 Å². The minimum Gasteiger partial charge on any atom is -0.387 e. The minimum atomic E-state index is -0.555. The molecule has 4 heteroatoms. The number of ether oxygens (including phenoxy) is 1. The first-order chi connectivity index (χ1) is 8.70. The van der Waals surface area contributed by atoms with Crippen LogP contribution in [0.5, 0.6) is 0 Å². The minimum absolute atomic E-state index is 0.361. The van der Waals surface area contributed by atoms with Crippen molar-refractivity contribution in [1.29, 1.82) is 0 Å². The van der Waals surface area contributed by atoms with E-state index in [0.29, 0.717) is 23.7 Å². The summed E-state index contributed by atoms with van der Waals surface area (Å²) in [5, 5.41) is 14.1. The highest BCUT2D eigenvalue weighted by Crippen LogP contribution is 2.24. The second-order valence-electron chi connectivity index (χ2n) is 4.81. The van der Waals surface area contributed by atoms with Crippen molar-refractivity contribution in [2.45, 2.75) is 37.5 Å². The van der Waals surface area contributed by atoms with E-state index in [-0.39, 0.29) is 0 Å². The summed E-state index contributed by atoms with van der Waals surface area (Å²) >= 11 is 6.05. The van der Waals surface area contributed by atoms with Gasteiger partial charge in [0, 0.05) is 30.3 Å².